The topological polar surface area (TPSA) is 90.5 Å². The number of aromatic nitrogens is 2. The first-order valence-electron chi connectivity index (χ1n) is 5.81. The van der Waals surface area contributed by atoms with Crippen molar-refractivity contribution in [1.29, 1.82) is 0 Å². The largest absolute Gasteiger partial charge is 0.441 e. The summed E-state index contributed by atoms with van der Waals surface area (Å²) >= 11 is 0. The molecule has 1 amide bonds. The van der Waals surface area contributed by atoms with Crippen LogP contribution in [0.15, 0.2) is 0 Å². The molecule has 1 heterocycles. The van der Waals surface area contributed by atoms with Gasteiger partial charge in [-0.2, -0.15) is 0 Å². The van der Waals surface area contributed by atoms with Gasteiger partial charge in [-0.05, 0) is 15.8 Å². The van der Waals surface area contributed by atoms with Crippen molar-refractivity contribution in [2.45, 2.75) is 12.4 Å². The average molecular weight is 303 g/mol. The molecule has 0 saturated heterocycles. The van der Waals surface area contributed by atoms with Crippen LogP contribution in [0.5, 0.6) is 0 Å². The molecule has 1 aromatic heterocycles. The smallest absolute Gasteiger partial charge is 0.435 e. The standard InChI is InChI=1S/C11H19N4O4S/c1-13(2)11(16)19-6-9-8(7-20(4)5)12-10(14(9)3)15(17)18/h6-7H2,1-5H3/q+1. The number of nitro groups is 1. The second-order valence-corrected chi connectivity index (χ2v) is 6.96. The molecule has 0 aromatic carbocycles. The van der Waals surface area contributed by atoms with Crippen LogP contribution in [0.25, 0.3) is 0 Å². The molecule has 0 radical (unpaired) electrons. The average Bonchev–Trinajstić information content (AvgIpc) is 2.62. The van der Waals surface area contributed by atoms with Gasteiger partial charge >= 0.3 is 12.0 Å². The molecule has 9 heteroatoms. The fourth-order valence-corrected chi connectivity index (χ4v) is 2.34. The first-order valence-corrected chi connectivity index (χ1v) is 8.02. The second-order valence-electron chi connectivity index (χ2n) is 4.70. The maximum atomic E-state index is 11.4. The molecule has 112 valence electrons. The maximum Gasteiger partial charge on any atom is 0.435 e. The van der Waals surface area contributed by atoms with Crippen LogP contribution in [0.1, 0.15) is 11.4 Å². The summed E-state index contributed by atoms with van der Waals surface area (Å²) in [5, 5.41) is 10.9. The van der Waals surface area contributed by atoms with Crippen molar-refractivity contribution in [2.75, 3.05) is 26.6 Å². The number of imidazole rings is 1. The van der Waals surface area contributed by atoms with E-state index < -0.39 is 11.0 Å². The summed E-state index contributed by atoms with van der Waals surface area (Å²) in [6.07, 6.45) is 3.55. The van der Waals surface area contributed by atoms with E-state index in [0.29, 0.717) is 17.1 Å². The van der Waals surface area contributed by atoms with Crippen LogP contribution in [0, 0.1) is 10.1 Å². The lowest BCUT2D eigenvalue weighted by molar-refractivity contribution is -0.396. The predicted molar refractivity (Wildman–Crippen MR) is 76.7 cm³/mol. The number of hydrogen-bond donors (Lipinski definition) is 0. The van der Waals surface area contributed by atoms with Crippen molar-refractivity contribution in [3.63, 3.8) is 0 Å². The summed E-state index contributed by atoms with van der Waals surface area (Å²) in [5.74, 6) is 0.387. The summed E-state index contributed by atoms with van der Waals surface area (Å²) in [4.78, 5) is 27.2. The molecule has 20 heavy (non-hydrogen) atoms. The van der Waals surface area contributed by atoms with Crippen LogP contribution < -0.4 is 0 Å². The molecule has 1 aromatic rings. The highest BCUT2D eigenvalue weighted by Crippen LogP contribution is 2.19. The van der Waals surface area contributed by atoms with Crippen LogP contribution in [0.4, 0.5) is 10.7 Å². The van der Waals surface area contributed by atoms with Crippen molar-refractivity contribution in [3.8, 4) is 0 Å². The third-order valence-corrected chi connectivity index (χ3v) is 3.41. The van der Waals surface area contributed by atoms with Crippen molar-refractivity contribution < 1.29 is 14.5 Å². The Bertz CT molecular complexity index is 513. The van der Waals surface area contributed by atoms with Gasteiger partial charge in [0.1, 0.15) is 0 Å². The van der Waals surface area contributed by atoms with E-state index in [9.17, 15) is 14.9 Å². The van der Waals surface area contributed by atoms with Crippen LogP contribution in [0.2, 0.25) is 0 Å². The first-order chi connectivity index (χ1) is 9.23. The van der Waals surface area contributed by atoms with Gasteiger partial charge in [-0.25, -0.2) is 9.36 Å². The molecule has 8 nitrogen and oxygen atoms in total. The van der Waals surface area contributed by atoms with Gasteiger partial charge in [0.2, 0.25) is 5.69 Å². The summed E-state index contributed by atoms with van der Waals surface area (Å²) in [6, 6.07) is 0. The summed E-state index contributed by atoms with van der Waals surface area (Å²) < 4.78 is 6.46. The molecule has 0 aliphatic carbocycles. The number of carbonyl (C=O) groups excluding carboxylic acids is 1. The Morgan fingerprint density at radius 3 is 2.55 bits per heavy atom. The predicted octanol–water partition coefficient (Wildman–Crippen LogP) is 0.904. The fourth-order valence-electron chi connectivity index (χ4n) is 1.57. The zero-order valence-corrected chi connectivity index (χ0v) is 13.1. The Balaban J connectivity index is 3.02. The Morgan fingerprint density at radius 2 is 2.10 bits per heavy atom. The number of hydrogen-bond acceptors (Lipinski definition) is 5. The lowest BCUT2D eigenvalue weighted by Crippen LogP contribution is -2.23. The van der Waals surface area contributed by atoms with E-state index in [1.165, 1.54) is 9.47 Å². The zero-order chi connectivity index (χ0) is 15.4. The highest BCUT2D eigenvalue weighted by atomic mass is 32.2. The molecule has 0 saturated carbocycles. The Hall–Kier alpha value is -1.77. The molecule has 0 fully saturated rings. The number of ether oxygens (including phenoxy) is 1. The SMILES string of the molecule is CN(C)C(=O)OCc1c(C[S+](C)C)nc([N+](=O)[O-])n1C. The number of carbonyl (C=O) groups is 1. The third-order valence-electron chi connectivity index (χ3n) is 2.56. The van der Waals surface area contributed by atoms with E-state index in [2.05, 4.69) is 4.98 Å². The minimum atomic E-state index is -0.537. The van der Waals surface area contributed by atoms with Gasteiger partial charge in [-0.1, -0.05) is 4.98 Å². The van der Waals surface area contributed by atoms with Gasteiger partial charge < -0.3 is 19.8 Å². The monoisotopic (exact) mass is 303 g/mol. The van der Waals surface area contributed by atoms with Crippen molar-refractivity contribution >= 4 is 22.9 Å². The van der Waals surface area contributed by atoms with E-state index in [1.54, 1.807) is 21.1 Å². The summed E-state index contributed by atoms with van der Waals surface area (Å²) in [5.41, 5.74) is 1.17. The zero-order valence-electron chi connectivity index (χ0n) is 12.2. The molecule has 0 aliphatic rings. The van der Waals surface area contributed by atoms with Gasteiger partial charge in [0.25, 0.3) is 0 Å². The van der Waals surface area contributed by atoms with E-state index in [4.69, 9.17) is 4.74 Å². The normalized spacial score (nSPS) is 10.7. The number of amides is 1. The Labute approximate surface area is 120 Å². The Morgan fingerprint density at radius 1 is 1.50 bits per heavy atom. The van der Waals surface area contributed by atoms with E-state index >= 15 is 0 Å². The van der Waals surface area contributed by atoms with Crippen molar-refractivity contribution in [1.82, 2.24) is 14.5 Å². The van der Waals surface area contributed by atoms with E-state index in [1.807, 2.05) is 12.5 Å². The summed E-state index contributed by atoms with van der Waals surface area (Å²) in [7, 11) is 4.74. The highest BCUT2D eigenvalue weighted by Gasteiger charge is 2.28. The molecule has 0 unspecified atom stereocenters. The van der Waals surface area contributed by atoms with Gasteiger partial charge in [-0.3, -0.25) is 0 Å². The van der Waals surface area contributed by atoms with Gasteiger partial charge in [-0.15, -0.1) is 0 Å². The molecule has 0 aliphatic heterocycles. The fraction of sp³-hybridized carbons (Fsp3) is 0.636. The minimum Gasteiger partial charge on any atom is -0.441 e. The van der Waals surface area contributed by atoms with E-state index in [-0.39, 0.29) is 23.5 Å². The second kappa shape index (κ2) is 6.60. The van der Waals surface area contributed by atoms with Crippen LogP contribution in [-0.2, 0) is 35.0 Å². The minimum absolute atomic E-state index is 0.0269. The van der Waals surface area contributed by atoms with Crippen molar-refractivity contribution in [2.24, 2.45) is 7.05 Å². The Kier molecular flexibility index (Phi) is 5.37. The molecule has 0 atom stereocenters. The number of nitrogens with zero attached hydrogens (tertiary/aromatic N) is 4. The maximum absolute atomic E-state index is 11.4. The van der Waals surface area contributed by atoms with Crippen LogP contribution >= 0.6 is 0 Å². The lowest BCUT2D eigenvalue weighted by Gasteiger charge is -2.10. The summed E-state index contributed by atoms with van der Waals surface area (Å²) in [6.45, 7) is -0.0269. The van der Waals surface area contributed by atoms with Gasteiger partial charge in [0, 0.05) is 14.1 Å². The van der Waals surface area contributed by atoms with Gasteiger partial charge in [0.15, 0.2) is 18.1 Å². The highest BCUT2D eigenvalue weighted by molar-refractivity contribution is 7.94. The molecule has 0 N–H and O–H groups in total. The quantitative estimate of drug-likeness (QED) is 0.458. The van der Waals surface area contributed by atoms with Crippen LogP contribution in [-0.4, -0.2) is 52.1 Å². The molecular weight excluding hydrogens is 284 g/mol. The third kappa shape index (κ3) is 3.86. The molecular formula is C11H19N4O4S+. The lowest BCUT2D eigenvalue weighted by atomic mass is 10.3. The first kappa shape index (κ1) is 16.3. The van der Waals surface area contributed by atoms with Crippen LogP contribution in [0.3, 0.4) is 0 Å². The van der Waals surface area contributed by atoms with E-state index in [0.717, 1.165) is 0 Å². The van der Waals surface area contributed by atoms with Crippen molar-refractivity contribution in [3.05, 3.63) is 21.5 Å². The molecule has 0 bridgehead atoms. The molecule has 1 rings (SSSR count). The number of rotatable bonds is 5. The molecule has 0 spiro atoms. The van der Waals surface area contributed by atoms with Gasteiger partial charge in [0.05, 0.1) is 19.6 Å².